The Balaban J connectivity index is 0. The Kier molecular flexibility index (Phi) is 12.6. The molecule has 0 aliphatic rings. The third kappa shape index (κ3) is 11.2. The molecule has 0 radical (unpaired) electrons. The summed E-state index contributed by atoms with van der Waals surface area (Å²) in [5, 5.41) is -0.444. The molecule has 0 aromatic rings. The Morgan fingerprint density at radius 1 is 1.46 bits per heavy atom. The zero-order valence-electron chi connectivity index (χ0n) is 8.51. The van der Waals surface area contributed by atoms with Crippen LogP contribution >= 0.6 is 11.6 Å². The molecule has 0 aliphatic carbocycles. The summed E-state index contributed by atoms with van der Waals surface area (Å²) >= 11 is 5.19. The molecule has 2 heteroatoms. The summed E-state index contributed by atoms with van der Waals surface area (Å²) in [4.78, 5) is 10.5. The summed E-state index contributed by atoms with van der Waals surface area (Å²) in [5.41, 5.74) is 0.488. The van der Waals surface area contributed by atoms with Crippen molar-refractivity contribution < 1.29 is 4.79 Å². The van der Waals surface area contributed by atoms with Gasteiger partial charge in [0.2, 0.25) is 0 Å². The van der Waals surface area contributed by atoms with Gasteiger partial charge in [0.1, 0.15) is 0 Å². The maximum atomic E-state index is 10.5. The Morgan fingerprint density at radius 2 is 1.92 bits per heavy atom. The summed E-state index contributed by atoms with van der Waals surface area (Å²) in [7, 11) is 0. The number of hydrogen-bond acceptors (Lipinski definition) is 1. The van der Waals surface area contributed by atoms with Crippen molar-refractivity contribution in [2.24, 2.45) is 0 Å². The zero-order valence-corrected chi connectivity index (χ0v) is 9.27. The molecular formula is C11H17ClO. The second-order valence-corrected chi connectivity index (χ2v) is 2.66. The van der Waals surface area contributed by atoms with Crippen molar-refractivity contribution in [2.45, 2.75) is 27.2 Å². The summed E-state index contributed by atoms with van der Waals surface area (Å²) in [6.45, 7) is 9.46. The summed E-state index contributed by atoms with van der Waals surface area (Å²) in [5.74, 6) is 0. The van der Waals surface area contributed by atoms with E-state index in [1.807, 2.05) is 0 Å². The van der Waals surface area contributed by atoms with E-state index in [0.717, 1.165) is 0 Å². The lowest BCUT2D eigenvalue weighted by atomic mass is 10.2. The predicted molar refractivity (Wildman–Crippen MR) is 59.9 cm³/mol. The first-order valence-electron chi connectivity index (χ1n) is 4.29. The first kappa shape index (κ1) is 14.7. The standard InChI is InChI=1S/C8H9ClO.C3H8/c1-3-5-6-7(4-2)8(9)10;1-3-2/h3-6H,1H2,2H3;3H2,1-2H3/b6-5-,7-4+;. The van der Waals surface area contributed by atoms with Crippen LogP contribution in [0.5, 0.6) is 0 Å². The van der Waals surface area contributed by atoms with Crippen molar-refractivity contribution >= 4 is 16.8 Å². The van der Waals surface area contributed by atoms with Crippen LogP contribution in [0.25, 0.3) is 0 Å². The molecule has 0 amide bonds. The van der Waals surface area contributed by atoms with E-state index in [2.05, 4.69) is 20.4 Å². The highest BCUT2D eigenvalue weighted by atomic mass is 35.5. The van der Waals surface area contributed by atoms with Gasteiger partial charge >= 0.3 is 0 Å². The van der Waals surface area contributed by atoms with Crippen molar-refractivity contribution in [3.63, 3.8) is 0 Å². The molecule has 0 N–H and O–H groups in total. The highest BCUT2D eigenvalue weighted by Crippen LogP contribution is 2.01. The van der Waals surface area contributed by atoms with Crippen LogP contribution < -0.4 is 0 Å². The quantitative estimate of drug-likeness (QED) is 0.384. The molecule has 0 aliphatic heterocycles. The third-order valence-electron chi connectivity index (χ3n) is 0.950. The van der Waals surface area contributed by atoms with Gasteiger partial charge in [-0.1, -0.05) is 51.2 Å². The number of allylic oxidation sites excluding steroid dienone is 5. The molecule has 0 unspecified atom stereocenters. The topological polar surface area (TPSA) is 17.1 Å². The van der Waals surface area contributed by atoms with E-state index in [9.17, 15) is 4.79 Å². The van der Waals surface area contributed by atoms with Crippen molar-refractivity contribution in [1.29, 1.82) is 0 Å². The molecule has 13 heavy (non-hydrogen) atoms. The molecule has 0 heterocycles. The monoisotopic (exact) mass is 200 g/mol. The van der Waals surface area contributed by atoms with E-state index >= 15 is 0 Å². The molecule has 0 aromatic heterocycles. The van der Waals surface area contributed by atoms with Gasteiger partial charge in [-0.05, 0) is 18.5 Å². The molecule has 0 rings (SSSR count). The molecule has 0 bridgehead atoms. The van der Waals surface area contributed by atoms with Gasteiger partial charge in [-0.2, -0.15) is 0 Å². The lowest BCUT2D eigenvalue weighted by Crippen LogP contribution is -1.87. The second kappa shape index (κ2) is 11.2. The van der Waals surface area contributed by atoms with Gasteiger partial charge in [-0.15, -0.1) is 0 Å². The van der Waals surface area contributed by atoms with Gasteiger partial charge < -0.3 is 0 Å². The molecule has 0 saturated carbocycles. The summed E-state index contributed by atoms with van der Waals surface area (Å²) in [6, 6.07) is 0. The molecule has 0 spiro atoms. The van der Waals surface area contributed by atoms with Crippen LogP contribution in [0, 0.1) is 0 Å². The molecule has 74 valence electrons. The molecule has 0 saturated heterocycles. The van der Waals surface area contributed by atoms with Crippen LogP contribution in [0.2, 0.25) is 0 Å². The Bertz CT molecular complexity index is 202. The number of carbonyl (C=O) groups is 1. The van der Waals surface area contributed by atoms with Crippen LogP contribution in [-0.4, -0.2) is 5.24 Å². The van der Waals surface area contributed by atoms with Crippen LogP contribution in [0.15, 0.2) is 36.5 Å². The Hall–Kier alpha value is -0.820. The molecule has 0 fully saturated rings. The van der Waals surface area contributed by atoms with E-state index in [4.69, 9.17) is 11.6 Å². The Morgan fingerprint density at radius 3 is 2.15 bits per heavy atom. The molecule has 0 aromatic carbocycles. The van der Waals surface area contributed by atoms with Gasteiger partial charge in [0.25, 0.3) is 5.24 Å². The average molecular weight is 201 g/mol. The fraction of sp³-hybridized carbons (Fsp3) is 0.364. The van der Waals surface area contributed by atoms with Crippen LogP contribution in [-0.2, 0) is 4.79 Å². The number of halogens is 1. The van der Waals surface area contributed by atoms with Crippen molar-refractivity contribution in [3.05, 3.63) is 36.5 Å². The van der Waals surface area contributed by atoms with Crippen LogP contribution in [0.4, 0.5) is 0 Å². The number of hydrogen-bond donors (Lipinski definition) is 0. The van der Waals surface area contributed by atoms with Gasteiger partial charge in [0.15, 0.2) is 0 Å². The van der Waals surface area contributed by atoms with Crippen LogP contribution in [0.1, 0.15) is 27.2 Å². The fourth-order valence-corrected chi connectivity index (χ4v) is 0.619. The smallest absolute Gasteiger partial charge is 0.252 e. The Labute approximate surface area is 85.8 Å². The lowest BCUT2D eigenvalue weighted by molar-refractivity contribution is -0.108. The first-order chi connectivity index (χ1) is 6.13. The first-order valence-corrected chi connectivity index (χ1v) is 4.66. The maximum Gasteiger partial charge on any atom is 0.252 e. The molecular weight excluding hydrogens is 184 g/mol. The van der Waals surface area contributed by atoms with Gasteiger partial charge in [-0.3, -0.25) is 4.79 Å². The summed E-state index contributed by atoms with van der Waals surface area (Å²) in [6.07, 6.45) is 7.76. The highest BCUT2D eigenvalue weighted by molar-refractivity contribution is 6.68. The predicted octanol–water partition coefficient (Wildman–Crippen LogP) is 3.86. The van der Waals surface area contributed by atoms with Crippen molar-refractivity contribution in [2.75, 3.05) is 0 Å². The minimum Gasteiger partial charge on any atom is -0.276 e. The normalized spacial score (nSPS) is 10.6. The number of rotatable bonds is 3. The van der Waals surface area contributed by atoms with Crippen molar-refractivity contribution in [1.82, 2.24) is 0 Å². The largest absolute Gasteiger partial charge is 0.276 e. The van der Waals surface area contributed by atoms with Gasteiger partial charge in [0.05, 0.1) is 0 Å². The average Bonchev–Trinajstić information content (AvgIpc) is 2.06. The maximum absolute atomic E-state index is 10.5. The second-order valence-electron chi connectivity index (χ2n) is 2.32. The minimum atomic E-state index is -0.444. The highest BCUT2D eigenvalue weighted by Gasteiger charge is 1.97. The lowest BCUT2D eigenvalue weighted by Gasteiger charge is -1.87. The SMILES string of the molecule is C=C/C=C\C(=C/C)C(=O)Cl.CCC. The minimum absolute atomic E-state index is 0.444. The third-order valence-corrected chi connectivity index (χ3v) is 1.17. The van der Waals surface area contributed by atoms with Gasteiger partial charge in [-0.25, -0.2) is 0 Å². The van der Waals surface area contributed by atoms with E-state index in [1.54, 1.807) is 31.2 Å². The van der Waals surface area contributed by atoms with Crippen molar-refractivity contribution in [3.8, 4) is 0 Å². The van der Waals surface area contributed by atoms with E-state index < -0.39 is 5.24 Å². The molecule has 1 nitrogen and oxygen atoms in total. The van der Waals surface area contributed by atoms with Crippen LogP contribution in [0.3, 0.4) is 0 Å². The fourth-order valence-electron chi connectivity index (χ4n) is 0.447. The van der Waals surface area contributed by atoms with E-state index in [0.29, 0.717) is 5.57 Å². The number of carbonyl (C=O) groups excluding carboxylic acids is 1. The summed E-state index contributed by atoms with van der Waals surface area (Å²) < 4.78 is 0. The van der Waals surface area contributed by atoms with Gasteiger partial charge in [0, 0.05) is 5.57 Å². The zero-order chi connectivity index (χ0) is 10.7. The van der Waals surface area contributed by atoms with E-state index in [-0.39, 0.29) is 0 Å². The van der Waals surface area contributed by atoms with E-state index in [1.165, 1.54) is 6.42 Å². The molecule has 0 atom stereocenters.